The molecule has 0 amide bonds. The molecule has 0 aliphatic carbocycles. The van der Waals surface area contributed by atoms with E-state index in [1.807, 2.05) is 6.07 Å². The number of hydrogen-bond donors (Lipinski definition) is 1. The van der Waals surface area contributed by atoms with Crippen molar-refractivity contribution in [3.8, 4) is 0 Å². The van der Waals surface area contributed by atoms with Crippen molar-refractivity contribution in [2.45, 2.75) is 46.4 Å². The summed E-state index contributed by atoms with van der Waals surface area (Å²) in [5, 5.41) is 9.45. The van der Waals surface area contributed by atoms with E-state index < -0.39 is 0 Å². The van der Waals surface area contributed by atoms with E-state index in [1.165, 1.54) is 6.07 Å². The monoisotopic (exact) mass is 239 g/mol. The molecule has 0 saturated heterocycles. The van der Waals surface area contributed by atoms with Crippen molar-refractivity contribution < 1.29 is 9.50 Å². The standard InChI is InChI=1S/C14H22FNO/c1-10(2)16(8-12(4)17)9-13-5-6-14(15)11(3)7-13/h5-7,10,12,17H,8-9H2,1-4H3. The van der Waals surface area contributed by atoms with Crippen LogP contribution in [-0.4, -0.2) is 28.7 Å². The minimum absolute atomic E-state index is 0.166. The number of nitrogens with zero attached hydrogens (tertiary/aromatic N) is 1. The Balaban J connectivity index is 2.75. The maximum atomic E-state index is 13.2. The fraction of sp³-hybridized carbons (Fsp3) is 0.571. The Labute approximate surface area is 103 Å². The van der Waals surface area contributed by atoms with Crippen LogP contribution in [0.4, 0.5) is 4.39 Å². The predicted molar refractivity (Wildman–Crippen MR) is 68.4 cm³/mol. The van der Waals surface area contributed by atoms with Crippen LogP contribution < -0.4 is 0 Å². The second-order valence-electron chi connectivity index (χ2n) is 4.96. The van der Waals surface area contributed by atoms with Crippen LogP contribution in [0.5, 0.6) is 0 Å². The zero-order valence-electron chi connectivity index (χ0n) is 11.1. The van der Waals surface area contributed by atoms with Gasteiger partial charge in [-0.05, 0) is 44.9 Å². The van der Waals surface area contributed by atoms with Gasteiger partial charge >= 0.3 is 0 Å². The molecule has 1 aromatic rings. The van der Waals surface area contributed by atoms with E-state index in [-0.39, 0.29) is 11.9 Å². The Hall–Kier alpha value is -0.930. The number of benzene rings is 1. The molecular formula is C14H22FNO. The van der Waals surface area contributed by atoms with Gasteiger partial charge in [-0.1, -0.05) is 12.1 Å². The minimum atomic E-state index is -0.348. The minimum Gasteiger partial charge on any atom is -0.392 e. The predicted octanol–water partition coefficient (Wildman–Crippen LogP) is 2.73. The highest BCUT2D eigenvalue weighted by atomic mass is 19.1. The van der Waals surface area contributed by atoms with Crippen LogP contribution in [0.25, 0.3) is 0 Å². The second-order valence-corrected chi connectivity index (χ2v) is 4.96. The summed E-state index contributed by atoms with van der Waals surface area (Å²) < 4.78 is 13.2. The summed E-state index contributed by atoms with van der Waals surface area (Å²) in [6.07, 6.45) is -0.348. The quantitative estimate of drug-likeness (QED) is 0.854. The average Bonchev–Trinajstić information content (AvgIpc) is 2.21. The van der Waals surface area contributed by atoms with Gasteiger partial charge in [-0.3, -0.25) is 4.90 Å². The van der Waals surface area contributed by atoms with Gasteiger partial charge in [0.1, 0.15) is 5.82 Å². The molecule has 0 aliphatic rings. The van der Waals surface area contributed by atoms with Crippen LogP contribution in [0, 0.1) is 12.7 Å². The van der Waals surface area contributed by atoms with Crippen LogP contribution in [0.3, 0.4) is 0 Å². The Kier molecular flexibility index (Phi) is 5.09. The third-order valence-corrected chi connectivity index (χ3v) is 2.84. The first-order chi connectivity index (χ1) is 7.90. The summed E-state index contributed by atoms with van der Waals surface area (Å²) in [6, 6.07) is 5.54. The van der Waals surface area contributed by atoms with E-state index in [0.717, 1.165) is 12.1 Å². The highest BCUT2D eigenvalue weighted by Crippen LogP contribution is 2.13. The molecule has 0 aromatic heterocycles. The number of aryl methyl sites for hydroxylation is 1. The van der Waals surface area contributed by atoms with Gasteiger partial charge in [-0.25, -0.2) is 4.39 Å². The number of halogens is 1. The first-order valence-electron chi connectivity index (χ1n) is 6.07. The van der Waals surface area contributed by atoms with E-state index in [4.69, 9.17) is 0 Å². The van der Waals surface area contributed by atoms with E-state index in [2.05, 4.69) is 18.7 Å². The zero-order valence-corrected chi connectivity index (χ0v) is 11.1. The van der Waals surface area contributed by atoms with Gasteiger partial charge in [0.25, 0.3) is 0 Å². The molecule has 17 heavy (non-hydrogen) atoms. The number of aliphatic hydroxyl groups excluding tert-OH is 1. The van der Waals surface area contributed by atoms with Gasteiger partial charge in [0.05, 0.1) is 6.10 Å². The van der Waals surface area contributed by atoms with Gasteiger partial charge < -0.3 is 5.11 Å². The topological polar surface area (TPSA) is 23.5 Å². The molecule has 1 N–H and O–H groups in total. The number of aliphatic hydroxyl groups is 1. The molecule has 0 bridgehead atoms. The lowest BCUT2D eigenvalue weighted by molar-refractivity contribution is 0.103. The van der Waals surface area contributed by atoms with Crippen LogP contribution in [0.15, 0.2) is 18.2 Å². The molecule has 1 rings (SSSR count). The molecular weight excluding hydrogens is 217 g/mol. The summed E-state index contributed by atoms with van der Waals surface area (Å²) in [5.74, 6) is -0.166. The smallest absolute Gasteiger partial charge is 0.126 e. The number of rotatable bonds is 5. The van der Waals surface area contributed by atoms with E-state index in [9.17, 15) is 9.50 Å². The third-order valence-electron chi connectivity index (χ3n) is 2.84. The summed E-state index contributed by atoms with van der Waals surface area (Å²) in [7, 11) is 0. The van der Waals surface area contributed by atoms with Crippen molar-refractivity contribution in [2.75, 3.05) is 6.54 Å². The third kappa shape index (κ3) is 4.44. The zero-order chi connectivity index (χ0) is 13.0. The number of hydrogen-bond acceptors (Lipinski definition) is 2. The van der Waals surface area contributed by atoms with Crippen molar-refractivity contribution >= 4 is 0 Å². The molecule has 0 heterocycles. The van der Waals surface area contributed by atoms with Crippen molar-refractivity contribution in [1.82, 2.24) is 4.90 Å². The van der Waals surface area contributed by atoms with Crippen LogP contribution in [0.2, 0.25) is 0 Å². The summed E-state index contributed by atoms with van der Waals surface area (Å²) in [6.45, 7) is 9.12. The fourth-order valence-corrected chi connectivity index (χ4v) is 1.84. The van der Waals surface area contributed by atoms with E-state index in [1.54, 1.807) is 19.9 Å². The molecule has 0 saturated carbocycles. The van der Waals surface area contributed by atoms with E-state index >= 15 is 0 Å². The van der Waals surface area contributed by atoms with Crippen molar-refractivity contribution in [3.05, 3.63) is 35.1 Å². The van der Waals surface area contributed by atoms with Crippen molar-refractivity contribution in [1.29, 1.82) is 0 Å². The van der Waals surface area contributed by atoms with Gasteiger partial charge in [-0.15, -0.1) is 0 Å². The largest absolute Gasteiger partial charge is 0.392 e. The lowest BCUT2D eigenvalue weighted by Crippen LogP contribution is -2.36. The molecule has 0 fully saturated rings. The summed E-state index contributed by atoms with van der Waals surface area (Å²) in [5.41, 5.74) is 1.75. The maximum absolute atomic E-state index is 13.2. The Bertz CT molecular complexity index is 363. The van der Waals surface area contributed by atoms with Gasteiger partial charge in [-0.2, -0.15) is 0 Å². The summed E-state index contributed by atoms with van der Waals surface area (Å²) >= 11 is 0. The Morgan fingerprint density at radius 1 is 1.29 bits per heavy atom. The van der Waals surface area contributed by atoms with Crippen LogP contribution in [0.1, 0.15) is 31.9 Å². The van der Waals surface area contributed by atoms with Crippen molar-refractivity contribution in [2.24, 2.45) is 0 Å². The average molecular weight is 239 g/mol. The van der Waals surface area contributed by atoms with Gasteiger partial charge in [0, 0.05) is 19.1 Å². The lowest BCUT2D eigenvalue weighted by Gasteiger charge is -2.27. The molecule has 1 unspecified atom stereocenters. The maximum Gasteiger partial charge on any atom is 0.126 e. The first kappa shape index (κ1) is 14.1. The summed E-state index contributed by atoms with van der Waals surface area (Å²) in [4.78, 5) is 2.18. The molecule has 0 radical (unpaired) electrons. The molecule has 2 nitrogen and oxygen atoms in total. The highest BCUT2D eigenvalue weighted by Gasteiger charge is 2.13. The molecule has 0 aliphatic heterocycles. The molecule has 1 atom stereocenters. The molecule has 96 valence electrons. The van der Waals surface area contributed by atoms with Crippen LogP contribution in [-0.2, 0) is 6.54 Å². The molecule has 1 aromatic carbocycles. The molecule has 0 spiro atoms. The second kappa shape index (κ2) is 6.12. The highest BCUT2D eigenvalue weighted by molar-refractivity contribution is 5.23. The van der Waals surface area contributed by atoms with E-state index in [0.29, 0.717) is 18.2 Å². The van der Waals surface area contributed by atoms with Gasteiger partial charge in [0.2, 0.25) is 0 Å². The molecule has 3 heteroatoms. The Morgan fingerprint density at radius 2 is 1.94 bits per heavy atom. The van der Waals surface area contributed by atoms with Crippen molar-refractivity contribution in [3.63, 3.8) is 0 Å². The fourth-order valence-electron chi connectivity index (χ4n) is 1.84. The Morgan fingerprint density at radius 3 is 2.41 bits per heavy atom. The normalized spacial score (nSPS) is 13.4. The lowest BCUT2D eigenvalue weighted by atomic mass is 10.1. The first-order valence-corrected chi connectivity index (χ1v) is 6.07. The van der Waals surface area contributed by atoms with Gasteiger partial charge in [0.15, 0.2) is 0 Å². The SMILES string of the molecule is Cc1cc(CN(CC(C)O)C(C)C)ccc1F. The van der Waals surface area contributed by atoms with Crippen LogP contribution >= 0.6 is 0 Å².